The zero-order valence-corrected chi connectivity index (χ0v) is 13.1. The number of nitrogens with zero attached hydrogens (tertiary/aromatic N) is 3. The molecule has 1 saturated carbocycles. The largest absolute Gasteiger partial charge is 0.352 e. The first kappa shape index (κ1) is 12.9. The number of benzene rings is 1. The molecule has 110 valence electrons. The first-order valence-corrected chi connectivity index (χ1v) is 8.02. The number of anilines is 1. The van der Waals surface area contributed by atoms with Gasteiger partial charge in [-0.3, -0.25) is 0 Å². The van der Waals surface area contributed by atoms with E-state index in [1.54, 1.807) is 0 Å². The maximum atomic E-state index is 4.72. The van der Waals surface area contributed by atoms with Crippen LogP contribution in [0.5, 0.6) is 0 Å². The Bertz CT molecular complexity index is 680. The van der Waals surface area contributed by atoms with Crippen molar-refractivity contribution in [3.8, 4) is 0 Å². The van der Waals surface area contributed by atoms with Crippen LogP contribution >= 0.6 is 0 Å². The van der Waals surface area contributed by atoms with Gasteiger partial charge in [0.25, 0.3) is 0 Å². The van der Waals surface area contributed by atoms with Crippen LogP contribution in [0.1, 0.15) is 55.6 Å². The van der Waals surface area contributed by atoms with E-state index in [1.807, 2.05) is 6.33 Å². The highest BCUT2D eigenvalue weighted by Gasteiger charge is 2.53. The van der Waals surface area contributed by atoms with Crippen molar-refractivity contribution >= 4 is 5.69 Å². The Hall–Kier alpha value is -1.77. The topological polar surface area (TPSA) is 21.1 Å². The molecule has 1 aromatic heterocycles. The van der Waals surface area contributed by atoms with Gasteiger partial charge in [0, 0.05) is 12.7 Å². The van der Waals surface area contributed by atoms with Gasteiger partial charge in [0.15, 0.2) is 0 Å². The van der Waals surface area contributed by atoms with Crippen LogP contribution in [0.3, 0.4) is 0 Å². The van der Waals surface area contributed by atoms with Gasteiger partial charge in [0.05, 0.1) is 29.3 Å². The molecule has 1 spiro atoms. The predicted octanol–water partition coefficient (Wildman–Crippen LogP) is 4.08. The summed E-state index contributed by atoms with van der Waals surface area (Å²) in [6, 6.07) is 9.15. The van der Waals surface area contributed by atoms with Crippen LogP contribution in [-0.4, -0.2) is 9.55 Å². The lowest BCUT2D eigenvalue weighted by Gasteiger charge is -2.41. The van der Waals surface area contributed by atoms with Crippen LogP contribution in [0.4, 0.5) is 5.69 Å². The zero-order valence-electron chi connectivity index (χ0n) is 13.1. The highest BCUT2D eigenvalue weighted by atomic mass is 15.3. The number of hydrogen-bond donors (Lipinski definition) is 0. The first-order chi connectivity index (χ1) is 10.1. The minimum absolute atomic E-state index is 0.159. The third-order valence-corrected chi connectivity index (χ3v) is 5.46. The van der Waals surface area contributed by atoms with Gasteiger partial charge in [-0.25, -0.2) is 4.98 Å². The Balaban J connectivity index is 1.94. The summed E-state index contributed by atoms with van der Waals surface area (Å²) in [6.45, 7) is 4.53. The molecule has 1 aliphatic carbocycles. The lowest BCUT2D eigenvalue weighted by molar-refractivity contribution is 0.395. The smallest absolute Gasteiger partial charge is 0.0950 e. The molecular weight excluding hydrogens is 258 g/mol. The molecule has 1 aliphatic heterocycles. The summed E-state index contributed by atoms with van der Waals surface area (Å²) in [7, 11) is 2.15. The second-order valence-electron chi connectivity index (χ2n) is 6.66. The van der Waals surface area contributed by atoms with E-state index >= 15 is 0 Å². The van der Waals surface area contributed by atoms with Gasteiger partial charge in [-0.05, 0) is 38.3 Å². The summed E-state index contributed by atoms with van der Waals surface area (Å²) in [5.41, 5.74) is 5.64. The minimum Gasteiger partial charge on any atom is -0.352 e. The van der Waals surface area contributed by atoms with Gasteiger partial charge in [0.2, 0.25) is 0 Å². The molecule has 1 aromatic carbocycles. The fourth-order valence-corrected chi connectivity index (χ4v) is 4.64. The molecular formula is C18H23N3. The molecule has 0 unspecified atom stereocenters. The summed E-state index contributed by atoms with van der Waals surface area (Å²) in [5, 5.41) is 0. The molecule has 0 radical (unpaired) electrons. The molecule has 0 saturated heterocycles. The highest BCUT2D eigenvalue weighted by molar-refractivity contribution is 5.61. The second kappa shape index (κ2) is 4.36. The summed E-state index contributed by atoms with van der Waals surface area (Å²) in [5.74, 6) is 0. The maximum absolute atomic E-state index is 4.72. The molecule has 3 nitrogen and oxygen atoms in total. The van der Waals surface area contributed by atoms with Crippen molar-refractivity contribution in [2.24, 2.45) is 7.05 Å². The van der Waals surface area contributed by atoms with Gasteiger partial charge in [-0.15, -0.1) is 0 Å². The summed E-state index contributed by atoms with van der Waals surface area (Å²) in [6.07, 6.45) is 7.13. The summed E-state index contributed by atoms with van der Waals surface area (Å²) >= 11 is 0. The Kier molecular flexibility index (Phi) is 2.69. The number of aromatic nitrogens is 2. The van der Waals surface area contributed by atoms with E-state index in [9.17, 15) is 0 Å². The van der Waals surface area contributed by atoms with Crippen LogP contribution in [0, 0.1) is 6.92 Å². The molecule has 2 heterocycles. The van der Waals surface area contributed by atoms with E-state index in [4.69, 9.17) is 4.98 Å². The molecule has 1 atom stereocenters. The fourth-order valence-electron chi connectivity index (χ4n) is 4.64. The van der Waals surface area contributed by atoms with Crippen LogP contribution in [0.2, 0.25) is 0 Å². The molecule has 2 aromatic rings. The standard InChI is InChI=1S/C18H23N3/c1-13-8-4-5-9-15(13)21-14(2)16-17(20(3)12-19-16)18(21)10-6-7-11-18/h4-5,8-9,12,14H,6-7,10-11H2,1-3H3/t14-/m0/s1. The van der Waals surface area contributed by atoms with Gasteiger partial charge >= 0.3 is 0 Å². The van der Waals surface area contributed by atoms with Crippen molar-refractivity contribution < 1.29 is 0 Å². The zero-order chi connectivity index (χ0) is 14.6. The molecule has 0 amide bonds. The molecule has 2 aliphatic rings. The molecule has 3 heteroatoms. The molecule has 1 fully saturated rings. The van der Waals surface area contributed by atoms with Crippen molar-refractivity contribution in [2.45, 2.75) is 51.1 Å². The Labute approximate surface area is 126 Å². The number of para-hydroxylation sites is 1. The average molecular weight is 281 g/mol. The fraction of sp³-hybridized carbons (Fsp3) is 0.500. The van der Waals surface area contributed by atoms with Crippen LogP contribution < -0.4 is 4.90 Å². The van der Waals surface area contributed by atoms with E-state index in [0.717, 1.165) is 0 Å². The van der Waals surface area contributed by atoms with E-state index in [1.165, 1.54) is 48.3 Å². The predicted molar refractivity (Wildman–Crippen MR) is 85.4 cm³/mol. The quantitative estimate of drug-likeness (QED) is 0.785. The van der Waals surface area contributed by atoms with Crippen LogP contribution in [0.15, 0.2) is 30.6 Å². The minimum atomic E-state index is 0.159. The first-order valence-electron chi connectivity index (χ1n) is 8.02. The van der Waals surface area contributed by atoms with Crippen LogP contribution in [-0.2, 0) is 12.6 Å². The summed E-state index contributed by atoms with van der Waals surface area (Å²) in [4.78, 5) is 7.38. The molecule has 4 rings (SSSR count). The highest BCUT2D eigenvalue weighted by Crippen LogP contribution is 2.56. The third kappa shape index (κ3) is 1.57. The van der Waals surface area contributed by atoms with E-state index in [2.05, 4.69) is 54.6 Å². The van der Waals surface area contributed by atoms with Crippen molar-refractivity contribution in [2.75, 3.05) is 4.90 Å². The SMILES string of the molecule is Cc1ccccc1N1[C@@H](C)c2ncn(C)c2C12CCCC2. The third-order valence-electron chi connectivity index (χ3n) is 5.46. The van der Waals surface area contributed by atoms with Crippen molar-refractivity contribution in [3.63, 3.8) is 0 Å². The van der Waals surface area contributed by atoms with E-state index in [0.29, 0.717) is 6.04 Å². The van der Waals surface area contributed by atoms with Gasteiger partial charge in [-0.1, -0.05) is 31.0 Å². The second-order valence-corrected chi connectivity index (χ2v) is 6.66. The average Bonchev–Trinajstić information content (AvgIpc) is 3.13. The number of imidazole rings is 1. The molecule has 0 bridgehead atoms. The van der Waals surface area contributed by atoms with Crippen molar-refractivity contribution in [1.82, 2.24) is 9.55 Å². The number of hydrogen-bond acceptors (Lipinski definition) is 2. The van der Waals surface area contributed by atoms with Crippen molar-refractivity contribution in [3.05, 3.63) is 47.5 Å². The maximum Gasteiger partial charge on any atom is 0.0950 e. The van der Waals surface area contributed by atoms with Crippen LogP contribution in [0.25, 0.3) is 0 Å². The Morgan fingerprint density at radius 1 is 1.19 bits per heavy atom. The van der Waals surface area contributed by atoms with Gasteiger partial charge in [-0.2, -0.15) is 0 Å². The van der Waals surface area contributed by atoms with Gasteiger partial charge in [0.1, 0.15) is 0 Å². The number of aryl methyl sites for hydroxylation is 2. The normalized spacial score (nSPS) is 23.0. The number of rotatable bonds is 1. The molecule has 0 N–H and O–H groups in total. The van der Waals surface area contributed by atoms with E-state index < -0.39 is 0 Å². The lowest BCUT2D eigenvalue weighted by Crippen LogP contribution is -2.41. The Morgan fingerprint density at radius 3 is 2.62 bits per heavy atom. The van der Waals surface area contributed by atoms with Crippen molar-refractivity contribution in [1.29, 1.82) is 0 Å². The Morgan fingerprint density at radius 2 is 1.90 bits per heavy atom. The lowest BCUT2D eigenvalue weighted by atomic mass is 9.92. The van der Waals surface area contributed by atoms with E-state index in [-0.39, 0.29) is 5.54 Å². The summed E-state index contributed by atoms with van der Waals surface area (Å²) < 4.78 is 2.26. The number of fused-ring (bicyclic) bond motifs is 2. The molecule has 21 heavy (non-hydrogen) atoms. The van der Waals surface area contributed by atoms with Gasteiger partial charge < -0.3 is 9.47 Å². The monoisotopic (exact) mass is 281 g/mol.